The first kappa shape index (κ1) is 31.4. The Morgan fingerprint density at radius 2 is 1.47 bits per heavy atom. The van der Waals surface area contributed by atoms with Crippen LogP contribution >= 0.6 is 11.6 Å². The highest BCUT2D eigenvalue weighted by atomic mass is 35.5. The first-order valence-corrected chi connectivity index (χ1v) is 13.6. The van der Waals surface area contributed by atoms with E-state index in [1.165, 1.54) is 13.8 Å². The van der Waals surface area contributed by atoms with E-state index in [9.17, 15) is 9.59 Å². The molecule has 0 aliphatic carbocycles. The average molecular weight is 549 g/mol. The van der Waals surface area contributed by atoms with E-state index in [0.717, 1.165) is 35.3 Å². The third-order valence-electron chi connectivity index (χ3n) is 6.12. The van der Waals surface area contributed by atoms with Gasteiger partial charge in [-0.2, -0.15) is 0 Å². The number of alkyl halides is 1. The van der Waals surface area contributed by atoms with E-state index in [1.807, 2.05) is 43.3 Å². The lowest BCUT2D eigenvalue weighted by atomic mass is 9.77. The first-order valence-electron chi connectivity index (χ1n) is 13.0. The Labute approximate surface area is 231 Å². The maximum Gasteiger partial charge on any atom is 0.303 e. The maximum atomic E-state index is 11.4. The van der Waals surface area contributed by atoms with E-state index in [0.29, 0.717) is 19.0 Å². The summed E-state index contributed by atoms with van der Waals surface area (Å²) in [5, 5.41) is 0. The fourth-order valence-corrected chi connectivity index (χ4v) is 4.02. The minimum Gasteiger partial charge on any atom is -0.490 e. The van der Waals surface area contributed by atoms with Gasteiger partial charge >= 0.3 is 11.9 Å². The molecular formula is C30H41ClO7. The zero-order valence-electron chi connectivity index (χ0n) is 23.4. The second-order valence-electron chi connectivity index (χ2n) is 9.80. The highest BCUT2D eigenvalue weighted by Crippen LogP contribution is 2.34. The Kier molecular flexibility index (Phi) is 12.9. The Morgan fingerprint density at radius 3 is 2.05 bits per heavy atom. The van der Waals surface area contributed by atoms with Crippen LogP contribution < -0.4 is 9.47 Å². The lowest BCUT2D eigenvalue weighted by molar-refractivity contribution is -0.151. The molecule has 8 heteroatoms. The molecule has 2 atom stereocenters. The average Bonchev–Trinajstić information content (AvgIpc) is 2.87. The SMILES string of the molecule is CCCCOCC(COc1ccc(C(C)(C)c2ccc(OCC(CCl)OC(C)=O)c(C)c2)cc1)OC(C)=O. The van der Waals surface area contributed by atoms with Crippen molar-refractivity contribution in [1.82, 2.24) is 0 Å². The van der Waals surface area contributed by atoms with E-state index >= 15 is 0 Å². The third kappa shape index (κ3) is 10.2. The number of halogens is 1. The summed E-state index contributed by atoms with van der Waals surface area (Å²) in [4.78, 5) is 22.6. The Bertz CT molecular complexity index is 1020. The molecular weight excluding hydrogens is 508 g/mol. The highest BCUT2D eigenvalue weighted by Gasteiger charge is 2.24. The minimum atomic E-state index is -0.497. The van der Waals surface area contributed by atoms with E-state index in [2.05, 4.69) is 26.8 Å². The highest BCUT2D eigenvalue weighted by molar-refractivity contribution is 6.18. The Morgan fingerprint density at radius 1 is 0.868 bits per heavy atom. The number of benzene rings is 2. The number of ether oxygens (including phenoxy) is 5. The molecule has 0 aromatic heterocycles. The molecule has 0 amide bonds. The van der Waals surface area contributed by atoms with Crippen molar-refractivity contribution >= 4 is 23.5 Å². The molecule has 0 spiro atoms. The largest absolute Gasteiger partial charge is 0.490 e. The van der Waals surface area contributed by atoms with Crippen molar-refractivity contribution in [3.63, 3.8) is 0 Å². The fraction of sp³-hybridized carbons (Fsp3) is 0.533. The van der Waals surface area contributed by atoms with Crippen molar-refractivity contribution in [2.45, 2.75) is 72.0 Å². The number of esters is 2. The van der Waals surface area contributed by atoms with Crippen LogP contribution in [0.3, 0.4) is 0 Å². The van der Waals surface area contributed by atoms with Crippen LogP contribution in [0.25, 0.3) is 0 Å². The van der Waals surface area contributed by atoms with Gasteiger partial charge in [0.2, 0.25) is 0 Å². The molecule has 0 bridgehead atoms. The van der Waals surface area contributed by atoms with Gasteiger partial charge in [-0.1, -0.05) is 51.5 Å². The third-order valence-corrected chi connectivity index (χ3v) is 6.46. The van der Waals surface area contributed by atoms with E-state index in [4.69, 9.17) is 35.3 Å². The second kappa shape index (κ2) is 15.6. The fourth-order valence-electron chi connectivity index (χ4n) is 3.86. The molecule has 2 unspecified atom stereocenters. The molecule has 0 radical (unpaired) electrons. The van der Waals surface area contributed by atoms with Gasteiger partial charge in [0, 0.05) is 25.9 Å². The molecule has 2 aromatic carbocycles. The topological polar surface area (TPSA) is 80.3 Å². The van der Waals surface area contributed by atoms with Gasteiger partial charge in [-0.05, 0) is 48.2 Å². The zero-order chi connectivity index (χ0) is 28.1. The molecule has 0 aliphatic heterocycles. The Hall–Kier alpha value is -2.77. The minimum absolute atomic E-state index is 0.167. The van der Waals surface area contributed by atoms with Crippen LogP contribution in [0.5, 0.6) is 11.5 Å². The first-order chi connectivity index (χ1) is 18.1. The molecule has 38 heavy (non-hydrogen) atoms. The Balaban J connectivity index is 2.02. The normalized spacial score (nSPS) is 12.9. The summed E-state index contributed by atoms with van der Waals surface area (Å²) >= 11 is 5.88. The lowest BCUT2D eigenvalue weighted by Crippen LogP contribution is -2.29. The van der Waals surface area contributed by atoms with Crippen LogP contribution in [0.1, 0.15) is 64.2 Å². The van der Waals surface area contributed by atoms with Crippen molar-refractivity contribution in [3.8, 4) is 11.5 Å². The van der Waals surface area contributed by atoms with E-state index < -0.39 is 12.2 Å². The molecule has 0 saturated heterocycles. The van der Waals surface area contributed by atoms with Gasteiger partial charge in [0.1, 0.15) is 30.8 Å². The summed E-state index contributed by atoms with van der Waals surface area (Å²) in [6.07, 6.45) is 1.05. The van der Waals surface area contributed by atoms with Crippen molar-refractivity contribution in [1.29, 1.82) is 0 Å². The van der Waals surface area contributed by atoms with Crippen molar-refractivity contribution in [3.05, 3.63) is 59.2 Å². The van der Waals surface area contributed by atoms with Crippen LogP contribution in [0, 0.1) is 6.92 Å². The molecule has 0 heterocycles. The summed E-state index contributed by atoms with van der Waals surface area (Å²) in [5.74, 6) is 0.837. The molecule has 2 aromatic rings. The monoisotopic (exact) mass is 548 g/mol. The summed E-state index contributed by atoms with van der Waals surface area (Å²) in [7, 11) is 0. The number of hydrogen-bond donors (Lipinski definition) is 0. The number of rotatable bonds is 16. The van der Waals surface area contributed by atoms with Gasteiger partial charge in [-0.25, -0.2) is 0 Å². The second-order valence-corrected chi connectivity index (χ2v) is 10.1. The standard InChI is InChI=1S/C30H41ClO7/c1-7-8-15-34-18-28(38-23(4)33)20-35-26-12-9-24(10-13-26)30(5,6)25-11-14-29(21(2)16-25)36-19-27(17-31)37-22(3)32/h9-14,16,27-28H,7-8,15,17-20H2,1-6H3. The van der Waals surface area contributed by atoms with Gasteiger partial charge in [-0.15, -0.1) is 11.6 Å². The van der Waals surface area contributed by atoms with Crippen LogP contribution in [-0.4, -0.2) is 56.5 Å². The summed E-state index contributed by atoms with van der Waals surface area (Å²) in [6, 6.07) is 14.0. The molecule has 0 fully saturated rings. The summed E-state index contributed by atoms with van der Waals surface area (Å²) in [6.45, 7) is 12.5. The molecule has 7 nitrogen and oxygen atoms in total. The summed E-state index contributed by atoms with van der Waals surface area (Å²) < 4.78 is 27.9. The number of aryl methyl sites for hydroxylation is 1. The number of carbonyl (C=O) groups excluding carboxylic acids is 2. The van der Waals surface area contributed by atoms with Crippen LogP contribution in [0.2, 0.25) is 0 Å². The molecule has 0 N–H and O–H groups in total. The quantitative estimate of drug-likeness (QED) is 0.145. The van der Waals surface area contributed by atoms with Gasteiger partial charge in [0.25, 0.3) is 0 Å². The van der Waals surface area contributed by atoms with Gasteiger partial charge in [0.05, 0.1) is 12.5 Å². The molecule has 210 valence electrons. The number of carbonyl (C=O) groups is 2. The zero-order valence-corrected chi connectivity index (χ0v) is 24.1. The van der Waals surface area contributed by atoms with Gasteiger partial charge < -0.3 is 23.7 Å². The van der Waals surface area contributed by atoms with E-state index in [-0.39, 0.29) is 36.4 Å². The van der Waals surface area contributed by atoms with Crippen LogP contribution in [0.15, 0.2) is 42.5 Å². The lowest BCUT2D eigenvalue weighted by Gasteiger charge is -2.27. The van der Waals surface area contributed by atoms with Crippen molar-refractivity contribution < 1.29 is 33.3 Å². The van der Waals surface area contributed by atoms with Gasteiger partial charge in [-0.3, -0.25) is 9.59 Å². The number of unbranched alkanes of at least 4 members (excludes halogenated alkanes) is 1. The smallest absolute Gasteiger partial charge is 0.303 e. The van der Waals surface area contributed by atoms with Crippen molar-refractivity contribution in [2.75, 3.05) is 32.3 Å². The van der Waals surface area contributed by atoms with Crippen LogP contribution in [0.4, 0.5) is 0 Å². The molecule has 0 saturated carbocycles. The number of hydrogen-bond acceptors (Lipinski definition) is 7. The van der Waals surface area contributed by atoms with Crippen LogP contribution in [-0.2, 0) is 29.2 Å². The predicted molar refractivity (Wildman–Crippen MR) is 148 cm³/mol. The van der Waals surface area contributed by atoms with E-state index in [1.54, 1.807) is 0 Å². The maximum absolute atomic E-state index is 11.4. The van der Waals surface area contributed by atoms with Crippen molar-refractivity contribution in [2.24, 2.45) is 0 Å². The molecule has 0 aliphatic rings. The molecule has 2 rings (SSSR count). The predicted octanol–water partition coefficient (Wildman–Crippen LogP) is 6.00. The van der Waals surface area contributed by atoms with Gasteiger partial charge in [0.15, 0.2) is 6.10 Å². The summed E-state index contributed by atoms with van der Waals surface area (Å²) in [5.41, 5.74) is 2.95.